The molecule has 4 nitrogen and oxygen atoms in total. The molecule has 0 aliphatic rings. The minimum absolute atomic E-state index is 0.157. The van der Waals surface area contributed by atoms with E-state index in [4.69, 9.17) is 12.1 Å². The van der Waals surface area contributed by atoms with Crippen molar-refractivity contribution in [2.45, 2.75) is 19.9 Å². The second-order valence-electron chi connectivity index (χ2n) is 2.35. The first-order valence-electron chi connectivity index (χ1n) is 3.09. The number of hydrogen-bond acceptors (Lipinski definition) is 1. The Balaban J connectivity index is 3.86. The second-order valence-corrected chi connectivity index (χ2v) is 2.35. The molecule has 0 saturated carbocycles. The molecule has 0 spiro atoms. The minimum atomic E-state index is -0.157. The van der Waals surface area contributed by atoms with Crippen LogP contribution in [0.3, 0.4) is 0 Å². The molecule has 0 aromatic rings. The van der Waals surface area contributed by atoms with Crippen molar-refractivity contribution in [1.29, 1.82) is 0 Å². The maximum absolute atomic E-state index is 7.95. The zero-order valence-electron chi connectivity index (χ0n) is 6.15. The highest BCUT2D eigenvalue weighted by Crippen LogP contribution is 2.05. The van der Waals surface area contributed by atoms with Gasteiger partial charge in [-0.05, 0) is 5.53 Å². The summed E-state index contributed by atoms with van der Waals surface area (Å²) in [6.07, 6.45) is 0. The fourth-order valence-corrected chi connectivity index (χ4v) is 0.521. The van der Waals surface area contributed by atoms with Gasteiger partial charge in [0.25, 0.3) is 0 Å². The molecule has 0 unspecified atom stereocenters. The Hall–Kier alpha value is -1.20. The Kier molecular flexibility index (Phi) is 4.10. The molecule has 0 aromatic heterocycles. The molecule has 0 bridgehead atoms. The third-order valence-electron chi connectivity index (χ3n) is 1.27. The van der Waals surface area contributed by atoms with Gasteiger partial charge < -0.3 is 4.85 Å². The van der Waals surface area contributed by atoms with E-state index in [-0.39, 0.29) is 18.5 Å². The predicted octanol–water partition coefficient (Wildman–Crippen LogP) is 2.24. The summed E-state index contributed by atoms with van der Waals surface area (Å²) in [5, 5.41) is 3.33. The van der Waals surface area contributed by atoms with Gasteiger partial charge in [0.1, 0.15) is 6.54 Å². The highest BCUT2D eigenvalue weighted by molar-refractivity contribution is 4.83. The van der Waals surface area contributed by atoms with Crippen molar-refractivity contribution in [3.05, 3.63) is 21.9 Å². The molecule has 0 saturated heterocycles. The molecule has 0 aromatic carbocycles. The summed E-state index contributed by atoms with van der Waals surface area (Å²) < 4.78 is 0. The van der Waals surface area contributed by atoms with E-state index in [1.807, 2.05) is 13.8 Å². The topological polar surface area (TPSA) is 53.1 Å². The Morgan fingerprint density at radius 2 is 2.20 bits per heavy atom. The molecular formula is C6H10N4. The summed E-state index contributed by atoms with van der Waals surface area (Å²) in [5.74, 6) is 0.267. The van der Waals surface area contributed by atoms with Gasteiger partial charge in [0.15, 0.2) is 0 Å². The van der Waals surface area contributed by atoms with Gasteiger partial charge in [-0.25, -0.2) is 6.57 Å². The normalized spacial score (nSPS) is 11.8. The Morgan fingerprint density at radius 3 is 2.50 bits per heavy atom. The predicted molar refractivity (Wildman–Crippen MR) is 39.2 cm³/mol. The number of nitrogens with zero attached hydrogens (tertiary/aromatic N) is 4. The van der Waals surface area contributed by atoms with E-state index >= 15 is 0 Å². The lowest BCUT2D eigenvalue weighted by Crippen LogP contribution is -2.13. The van der Waals surface area contributed by atoms with Crippen LogP contribution in [-0.2, 0) is 0 Å². The van der Waals surface area contributed by atoms with Crippen LogP contribution in [-0.4, -0.2) is 12.6 Å². The molecule has 0 rings (SSSR count). The lowest BCUT2D eigenvalue weighted by Gasteiger charge is -2.03. The van der Waals surface area contributed by atoms with Gasteiger partial charge >= 0.3 is 0 Å². The molecule has 0 radical (unpaired) electrons. The van der Waals surface area contributed by atoms with Gasteiger partial charge in [-0.3, -0.25) is 0 Å². The second kappa shape index (κ2) is 4.66. The number of hydrogen-bond donors (Lipinski definition) is 0. The van der Waals surface area contributed by atoms with Crippen molar-refractivity contribution in [1.82, 2.24) is 0 Å². The van der Waals surface area contributed by atoms with E-state index in [9.17, 15) is 0 Å². The fraction of sp³-hybridized carbons (Fsp3) is 0.833. The molecule has 4 heteroatoms. The standard InChI is InChI=1S/C6H10N4/c1-5(2)6(8-3)4-9-10-7/h5-6H,4H2,1-2H3/t6-/m1/s1. The molecule has 0 N–H and O–H groups in total. The van der Waals surface area contributed by atoms with E-state index in [1.54, 1.807) is 0 Å². The molecule has 0 fully saturated rings. The Morgan fingerprint density at radius 1 is 1.60 bits per heavy atom. The number of azide groups is 1. The first-order valence-corrected chi connectivity index (χ1v) is 3.09. The molecular weight excluding hydrogens is 128 g/mol. The first-order chi connectivity index (χ1) is 4.72. The maximum atomic E-state index is 7.95. The van der Waals surface area contributed by atoms with E-state index < -0.39 is 0 Å². The summed E-state index contributed by atoms with van der Waals surface area (Å²) in [5.41, 5.74) is 7.95. The monoisotopic (exact) mass is 138 g/mol. The van der Waals surface area contributed by atoms with Gasteiger partial charge in [0, 0.05) is 10.8 Å². The van der Waals surface area contributed by atoms with Crippen molar-refractivity contribution in [3.8, 4) is 0 Å². The average molecular weight is 138 g/mol. The minimum Gasteiger partial charge on any atom is -0.313 e. The first kappa shape index (κ1) is 8.80. The van der Waals surface area contributed by atoms with Gasteiger partial charge in [0.2, 0.25) is 6.04 Å². The molecule has 10 heavy (non-hydrogen) atoms. The van der Waals surface area contributed by atoms with Crippen LogP contribution in [0.2, 0.25) is 0 Å². The van der Waals surface area contributed by atoms with Crippen molar-refractivity contribution >= 4 is 0 Å². The van der Waals surface area contributed by atoms with Crippen LogP contribution in [0.5, 0.6) is 0 Å². The van der Waals surface area contributed by atoms with Crippen LogP contribution in [0.25, 0.3) is 15.3 Å². The molecule has 0 amide bonds. The lowest BCUT2D eigenvalue weighted by molar-refractivity contribution is 0.557. The SMILES string of the molecule is [C-]#[N+][C@H](CN=[N+]=[N-])C(C)C. The summed E-state index contributed by atoms with van der Waals surface area (Å²) in [6.45, 7) is 10.9. The third-order valence-corrected chi connectivity index (χ3v) is 1.27. The van der Waals surface area contributed by atoms with Gasteiger partial charge in [-0.1, -0.05) is 19.0 Å². The summed E-state index contributed by atoms with van der Waals surface area (Å²) in [6, 6.07) is -0.157. The smallest absolute Gasteiger partial charge is 0.231 e. The average Bonchev–Trinajstić information content (AvgIpc) is 1.89. The summed E-state index contributed by atoms with van der Waals surface area (Å²) >= 11 is 0. The summed E-state index contributed by atoms with van der Waals surface area (Å²) in [4.78, 5) is 5.90. The highest BCUT2D eigenvalue weighted by Gasteiger charge is 2.15. The van der Waals surface area contributed by atoms with Crippen LogP contribution in [0.4, 0.5) is 0 Å². The zero-order chi connectivity index (χ0) is 7.98. The lowest BCUT2D eigenvalue weighted by atomic mass is 10.1. The van der Waals surface area contributed by atoms with Crippen molar-refractivity contribution in [2.24, 2.45) is 11.0 Å². The summed E-state index contributed by atoms with van der Waals surface area (Å²) in [7, 11) is 0. The Labute approximate surface area is 60.3 Å². The maximum Gasteiger partial charge on any atom is 0.231 e. The van der Waals surface area contributed by atoms with E-state index in [0.29, 0.717) is 0 Å². The largest absolute Gasteiger partial charge is 0.313 e. The zero-order valence-corrected chi connectivity index (χ0v) is 6.15. The molecule has 0 aliphatic heterocycles. The van der Waals surface area contributed by atoms with E-state index in [0.717, 1.165) is 0 Å². The number of rotatable bonds is 3. The van der Waals surface area contributed by atoms with E-state index in [2.05, 4.69) is 14.9 Å². The molecule has 0 aliphatic carbocycles. The van der Waals surface area contributed by atoms with Gasteiger partial charge in [-0.15, -0.1) is 0 Å². The molecule has 0 heterocycles. The van der Waals surface area contributed by atoms with Crippen LogP contribution in [0.15, 0.2) is 5.11 Å². The fourth-order valence-electron chi connectivity index (χ4n) is 0.521. The highest BCUT2D eigenvalue weighted by atomic mass is 15.1. The molecule has 1 atom stereocenters. The molecule has 54 valence electrons. The van der Waals surface area contributed by atoms with E-state index in [1.165, 1.54) is 0 Å². The Bertz CT molecular complexity index is 173. The van der Waals surface area contributed by atoms with Gasteiger partial charge in [-0.2, -0.15) is 0 Å². The van der Waals surface area contributed by atoms with Crippen molar-refractivity contribution in [2.75, 3.05) is 6.54 Å². The third kappa shape index (κ3) is 2.95. The van der Waals surface area contributed by atoms with Crippen LogP contribution in [0, 0.1) is 12.5 Å². The van der Waals surface area contributed by atoms with Crippen LogP contribution in [0.1, 0.15) is 13.8 Å². The quantitative estimate of drug-likeness (QED) is 0.248. The van der Waals surface area contributed by atoms with Crippen LogP contribution < -0.4 is 0 Å². The van der Waals surface area contributed by atoms with Gasteiger partial charge in [0.05, 0.1) is 0 Å². The van der Waals surface area contributed by atoms with Crippen LogP contribution >= 0.6 is 0 Å². The van der Waals surface area contributed by atoms with Crippen molar-refractivity contribution < 1.29 is 0 Å². The van der Waals surface area contributed by atoms with Crippen molar-refractivity contribution in [3.63, 3.8) is 0 Å².